The molecule has 0 aromatic rings. The number of aliphatic carboxylic acids is 1. The Hall–Kier alpha value is -0.271. The van der Waals surface area contributed by atoms with Crippen LogP contribution >= 0.6 is 0 Å². The first-order chi connectivity index (χ1) is 5.27. The number of rotatable bonds is 7. The number of hydrogen-bond donors (Lipinski definition) is 1. The molecule has 0 amide bonds. The van der Waals surface area contributed by atoms with E-state index in [0.29, 0.717) is 6.42 Å². The van der Waals surface area contributed by atoms with Gasteiger partial charge in [0, 0.05) is 23.5 Å². The Bertz CT molecular complexity index is 124. The summed E-state index contributed by atoms with van der Waals surface area (Å²) in [5.41, 5.74) is 0. The smallest absolute Gasteiger partial charge is 0.303 e. The molecule has 0 spiro atoms. The number of carbonyl (C=O) groups is 1. The molecule has 75 valence electrons. The molecule has 3 heteroatoms. The molecule has 0 unspecified atom stereocenters. The third-order valence-corrected chi connectivity index (χ3v) is 1.55. The van der Waals surface area contributed by atoms with Gasteiger partial charge in [-0.05, 0) is 19.3 Å². The largest absolute Gasteiger partial charge is 0.481 e. The van der Waals surface area contributed by atoms with Crippen molar-refractivity contribution in [1.29, 1.82) is 0 Å². The predicted octanol–water partition coefficient (Wildman–Crippen LogP) is 2.60. The Balaban J connectivity index is 0. The number of carboxylic acids is 1. The summed E-state index contributed by atoms with van der Waals surface area (Å²) in [6, 6.07) is 0. The molecule has 0 aliphatic carbocycles. The predicted molar refractivity (Wildman–Crippen MR) is 45.5 cm³/mol. The number of carboxylic acid groups (broad SMARTS) is 1. The van der Waals surface area contributed by atoms with Crippen LogP contribution in [0.25, 0.3) is 0 Å². The minimum atomic E-state index is -0.686. The second kappa shape index (κ2) is 10.7. The van der Waals surface area contributed by atoms with Crippen molar-refractivity contribution in [3.8, 4) is 0 Å². The minimum Gasteiger partial charge on any atom is -0.481 e. The molecule has 1 radical (unpaired) electrons. The van der Waals surface area contributed by atoms with Gasteiger partial charge in [-0.25, -0.2) is 0 Å². The zero-order valence-electron chi connectivity index (χ0n) is 7.18. The van der Waals surface area contributed by atoms with Crippen LogP contribution in [-0.2, 0) is 21.9 Å². The second-order valence-corrected chi connectivity index (χ2v) is 2.64. The fraction of sp³-hybridized carbons (Fsp3) is 0.667. The molecular formula is C9H16CuO2. The van der Waals surface area contributed by atoms with Crippen molar-refractivity contribution in [2.45, 2.75) is 38.5 Å². The first kappa shape index (κ1) is 14.3. The zero-order chi connectivity index (χ0) is 8.53. The summed E-state index contributed by atoms with van der Waals surface area (Å²) in [5, 5.41) is 8.30. The van der Waals surface area contributed by atoms with Crippen LogP contribution in [0.3, 0.4) is 0 Å². The van der Waals surface area contributed by atoms with E-state index >= 15 is 0 Å². The maximum atomic E-state index is 10.1. The molecule has 0 aromatic heterocycles. The molecule has 0 saturated heterocycles. The van der Waals surface area contributed by atoms with Crippen molar-refractivity contribution in [3.63, 3.8) is 0 Å². The molecule has 0 atom stereocenters. The Morgan fingerprint density at radius 3 is 2.33 bits per heavy atom. The summed E-state index contributed by atoms with van der Waals surface area (Å²) in [4.78, 5) is 10.1. The van der Waals surface area contributed by atoms with Crippen molar-refractivity contribution in [2.75, 3.05) is 0 Å². The van der Waals surface area contributed by atoms with Crippen LogP contribution in [0.4, 0.5) is 0 Å². The molecule has 0 aromatic carbocycles. The number of allylic oxidation sites excluding steroid dienone is 1. The molecule has 2 nitrogen and oxygen atoms in total. The van der Waals surface area contributed by atoms with Gasteiger partial charge in [0.1, 0.15) is 0 Å². The van der Waals surface area contributed by atoms with Crippen molar-refractivity contribution in [3.05, 3.63) is 12.7 Å². The second-order valence-electron chi connectivity index (χ2n) is 2.64. The molecule has 0 fully saturated rings. The first-order valence-corrected chi connectivity index (χ1v) is 4.10. The molecule has 0 bridgehead atoms. The normalized spacial score (nSPS) is 8.67. The van der Waals surface area contributed by atoms with Crippen LogP contribution in [0.5, 0.6) is 0 Å². The minimum absolute atomic E-state index is 0. The van der Waals surface area contributed by atoms with Gasteiger partial charge in [0.2, 0.25) is 0 Å². The molecule has 12 heavy (non-hydrogen) atoms. The van der Waals surface area contributed by atoms with Crippen LogP contribution in [0, 0.1) is 0 Å². The van der Waals surface area contributed by atoms with E-state index in [-0.39, 0.29) is 17.1 Å². The Morgan fingerprint density at radius 2 is 1.83 bits per heavy atom. The average Bonchev–Trinajstić information content (AvgIpc) is 1.96. The van der Waals surface area contributed by atoms with Crippen LogP contribution in [-0.4, -0.2) is 11.1 Å². The summed E-state index contributed by atoms with van der Waals surface area (Å²) in [7, 11) is 0. The van der Waals surface area contributed by atoms with Crippen molar-refractivity contribution >= 4 is 5.97 Å². The molecule has 1 N–H and O–H groups in total. The van der Waals surface area contributed by atoms with Crippen LogP contribution in [0.15, 0.2) is 12.7 Å². The van der Waals surface area contributed by atoms with E-state index < -0.39 is 5.97 Å². The molecule has 0 aliphatic rings. The van der Waals surface area contributed by atoms with Gasteiger partial charge >= 0.3 is 5.97 Å². The average molecular weight is 220 g/mol. The van der Waals surface area contributed by atoms with E-state index in [0.717, 1.165) is 32.1 Å². The van der Waals surface area contributed by atoms with Gasteiger partial charge < -0.3 is 5.11 Å². The fourth-order valence-corrected chi connectivity index (χ4v) is 0.918. The van der Waals surface area contributed by atoms with E-state index in [9.17, 15) is 4.79 Å². The fourth-order valence-electron chi connectivity index (χ4n) is 0.918. The molecular weight excluding hydrogens is 204 g/mol. The Morgan fingerprint density at radius 1 is 1.25 bits per heavy atom. The number of unbranched alkanes of at least 4 members (excludes halogenated alkanes) is 4. The topological polar surface area (TPSA) is 37.3 Å². The van der Waals surface area contributed by atoms with Crippen LogP contribution < -0.4 is 0 Å². The van der Waals surface area contributed by atoms with E-state index in [1.165, 1.54) is 0 Å². The summed E-state index contributed by atoms with van der Waals surface area (Å²) in [6.45, 7) is 3.61. The van der Waals surface area contributed by atoms with Gasteiger partial charge in [-0.3, -0.25) is 4.79 Å². The quantitative estimate of drug-likeness (QED) is 0.406. The molecule has 0 heterocycles. The monoisotopic (exact) mass is 219 g/mol. The molecule has 0 rings (SSSR count). The van der Waals surface area contributed by atoms with Crippen molar-refractivity contribution in [1.82, 2.24) is 0 Å². The van der Waals surface area contributed by atoms with E-state index in [4.69, 9.17) is 5.11 Å². The van der Waals surface area contributed by atoms with E-state index in [2.05, 4.69) is 6.58 Å². The standard InChI is InChI=1S/C9H16O2.Cu/c1-2-3-4-5-6-7-8-9(10)11;/h2H,1,3-8H2,(H,10,11);. The summed E-state index contributed by atoms with van der Waals surface area (Å²) < 4.78 is 0. The zero-order valence-corrected chi connectivity index (χ0v) is 8.13. The van der Waals surface area contributed by atoms with E-state index in [1.54, 1.807) is 0 Å². The number of hydrogen-bond acceptors (Lipinski definition) is 1. The first-order valence-electron chi connectivity index (χ1n) is 4.10. The molecule has 0 saturated carbocycles. The maximum absolute atomic E-state index is 10.1. The van der Waals surface area contributed by atoms with Crippen LogP contribution in [0.2, 0.25) is 0 Å². The van der Waals surface area contributed by atoms with Gasteiger partial charge in [-0.15, -0.1) is 6.58 Å². The van der Waals surface area contributed by atoms with Gasteiger partial charge in [0.15, 0.2) is 0 Å². The van der Waals surface area contributed by atoms with Gasteiger partial charge in [-0.1, -0.05) is 18.9 Å². The van der Waals surface area contributed by atoms with Gasteiger partial charge in [-0.2, -0.15) is 0 Å². The third-order valence-electron chi connectivity index (χ3n) is 1.55. The van der Waals surface area contributed by atoms with Gasteiger partial charge in [0.25, 0.3) is 0 Å². The van der Waals surface area contributed by atoms with Crippen molar-refractivity contribution < 1.29 is 27.0 Å². The summed E-state index contributed by atoms with van der Waals surface area (Å²) in [5.74, 6) is -0.686. The summed E-state index contributed by atoms with van der Waals surface area (Å²) in [6.07, 6.45) is 7.37. The Kier molecular flexibility index (Phi) is 12.8. The Labute approximate surface area is 84.5 Å². The van der Waals surface area contributed by atoms with Crippen molar-refractivity contribution in [2.24, 2.45) is 0 Å². The van der Waals surface area contributed by atoms with Crippen LogP contribution in [0.1, 0.15) is 38.5 Å². The maximum Gasteiger partial charge on any atom is 0.303 e. The summed E-state index contributed by atoms with van der Waals surface area (Å²) >= 11 is 0. The SMILES string of the molecule is C=CCCCCCCC(=O)O.[Cu]. The van der Waals surface area contributed by atoms with Gasteiger partial charge in [0.05, 0.1) is 0 Å². The van der Waals surface area contributed by atoms with E-state index in [1.807, 2.05) is 6.08 Å². The third kappa shape index (κ3) is 12.4. The molecule has 0 aliphatic heterocycles.